The lowest BCUT2D eigenvalue weighted by molar-refractivity contribution is -0.275. The summed E-state index contributed by atoms with van der Waals surface area (Å²) < 4.78 is 75.4. The summed E-state index contributed by atoms with van der Waals surface area (Å²) in [4.78, 5) is 0. The standard InChI is InChI=1S/C7H2F6O2/c8-2-1-3(15-7(11,12)13)4(9)5(10)6(2)14/h1,14H. The minimum atomic E-state index is -5.28. The summed E-state index contributed by atoms with van der Waals surface area (Å²) in [5.74, 6) is -9.41. The van der Waals surface area contributed by atoms with E-state index in [1.807, 2.05) is 0 Å². The highest BCUT2D eigenvalue weighted by Gasteiger charge is 2.34. The van der Waals surface area contributed by atoms with E-state index in [-0.39, 0.29) is 6.07 Å². The maximum Gasteiger partial charge on any atom is 0.573 e. The van der Waals surface area contributed by atoms with Crippen molar-refractivity contribution in [3.05, 3.63) is 23.5 Å². The third-order valence-electron chi connectivity index (χ3n) is 1.33. The van der Waals surface area contributed by atoms with Gasteiger partial charge in [-0.3, -0.25) is 0 Å². The Kier molecular flexibility index (Phi) is 2.69. The van der Waals surface area contributed by atoms with Crippen LogP contribution in [0.2, 0.25) is 0 Å². The number of phenolic OH excluding ortho intramolecular Hbond substituents is 1. The highest BCUT2D eigenvalue weighted by atomic mass is 19.4. The topological polar surface area (TPSA) is 29.5 Å². The first kappa shape index (κ1) is 11.5. The smallest absolute Gasteiger partial charge is 0.503 e. The fourth-order valence-corrected chi connectivity index (χ4v) is 0.763. The lowest BCUT2D eigenvalue weighted by Gasteiger charge is -2.10. The molecule has 0 aromatic heterocycles. The van der Waals surface area contributed by atoms with E-state index in [0.717, 1.165) is 0 Å². The first-order valence-corrected chi connectivity index (χ1v) is 3.34. The van der Waals surface area contributed by atoms with Crippen LogP contribution in [0, 0.1) is 17.5 Å². The third-order valence-corrected chi connectivity index (χ3v) is 1.33. The Hall–Kier alpha value is -1.60. The van der Waals surface area contributed by atoms with Gasteiger partial charge in [0.2, 0.25) is 11.6 Å². The van der Waals surface area contributed by atoms with Crippen molar-refractivity contribution in [1.29, 1.82) is 0 Å². The minimum Gasteiger partial charge on any atom is -0.503 e. The van der Waals surface area contributed by atoms with E-state index in [1.54, 1.807) is 0 Å². The highest BCUT2D eigenvalue weighted by molar-refractivity contribution is 5.35. The molecule has 0 fully saturated rings. The first-order valence-electron chi connectivity index (χ1n) is 3.34. The molecule has 0 aliphatic heterocycles. The molecule has 0 atom stereocenters. The number of phenols is 1. The Morgan fingerprint density at radius 3 is 2.07 bits per heavy atom. The zero-order valence-electron chi connectivity index (χ0n) is 6.70. The Balaban J connectivity index is 3.21. The second-order valence-electron chi connectivity index (χ2n) is 2.38. The van der Waals surface area contributed by atoms with Crippen LogP contribution in [-0.4, -0.2) is 11.5 Å². The van der Waals surface area contributed by atoms with Crippen molar-refractivity contribution in [2.24, 2.45) is 0 Å². The molecule has 0 bridgehead atoms. The van der Waals surface area contributed by atoms with Gasteiger partial charge in [0.05, 0.1) is 0 Å². The molecule has 1 aromatic carbocycles. The number of rotatable bonds is 1. The quantitative estimate of drug-likeness (QED) is 0.595. The van der Waals surface area contributed by atoms with Crippen molar-refractivity contribution in [3.8, 4) is 11.5 Å². The molecular weight excluding hydrogens is 230 g/mol. The summed E-state index contributed by atoms with van der Waals surface area (Å²) in [6.45, 7) is 0. The molecule has 0 aliphatic rings. The van der Waals surface area contributed by atoms with Crippen LogP contribution in [0.15, 0.2) is 6.07 Å². The predicted octanol–water partition coefficient (Wildman–Crippen LogP) is 2.71. The van der Waals surface area contributed by atoms with Crippen molar-refractivity contribution in [1.82, 2.24) is 0 Å². The van der Waals surface area contributed by atoms with Gasteiger partial charge in [-0.05, 0) is 0 Å². The maximum atomic E-state index is 12.6. The van der Waals surface area contributed by atoms with Crippen LogP contribution < -0.4 is 4.74 Å². The molecule has 0 saturated carbocycles. The van der Waals surface area contributed by atoms with E-state index in [4.69, 9.17) is 5.11 Å². The lowest BCUT2D eigenvalue weighted by atomic mass is 10.3. The van der Waals surface area contributed by atoms with E-state index < -0.39 is 35.3 Å². The molecule has 0 spiro atoms. The van der Waals surface area contributed by atoms with E-state index >= 15 is 0 Å². The van der Waals surface area contributed by atoms with Gasteiger partial charge in [0.1, 0.15) is 0 Å². The number of hydrogen-bond donors (Lipinski definition) is 1. The van der Waals surface area contributed by atoms with E-state index in [2.05, 4.69) is 4.74 Å². The van der Waals surface area contributed by atoms with Crippen LogP contribution in [0.1, 0.15) is 0 Å². The Morgan fingerprint density at radius 1 is 1.07 bits per heavy atom. The summed E-state index contributed by atoms with van der Waals surface area (Å²) in [7, 11) is 0. The Morgan fingerprint density at radius 2 is 1.60 bits per heavy atom. The van der Waals surface area contributed by atoms with Crippen LogP contribution in [0.3, 0.4) is 0 Å². The van der Waals surface area contributed by atoms with Crippen molar-refractivity contribution in [2.45, 2.75) is 6.36 Å². The monoisotopic (exact) mass is 232 g/mol. The van der Waals surface area contributed by atoms with E-state index in [1.165, 1.54) is 0 Å². The number of benzene rings is 1. The molecule has 84 valence electrons. The van der Waals surface area contributed by atoms with Gasteiger partial charge in [0.25, 0.3) is 0 Å². The van der Waals surface area contributed by atoms with Crippen LogP contribution in [0.4, 0.5) is 26.3 Å². The minimum absolute atomic E-state index is 0.110. The van der Waals surface area contributed by atoms with E-state index in [9.17, 15) is 26.3 Å². The van der Waals surface area contributed by atoms with Gasteiger partial charge in [-0.25, -0.2) is 4.39 Å². The van der Waals surface area contributed by atoms with Crippen molar-refractivity contribution in [2.75, 3.05) is 0 Å². The van der Waals surface area contributed by atoms with Crippen LogP contribution in [0.5, 0.6) is 11.5 Å². The largest absolute Gasteiger partial charge is 0.573 e. The molecule has 15 heavy (non-hydrogen) atoms. The molecular formula is C7H2F6O2. The van der Waals surface area contributed by atoms with Gasteiger partial charge in [0, 0.05) is 6.07 Å². The molecule has 0 radical (unpaired) electrons. The Labute approximate surface area is 78.7 Å². The molecule has 0 amide bonds. The second kappa shape index (κ2) is 3.52. The second-order valence-corrected chi connectivity index (χ2v) is 2.38. The first-order chi connectivity index (χ1) is 6.72. The highest BCUT2D eigenvalue weighted by Crippen LogP contribution is 2.32. The fraction of sp³-hybridized carbons (Fsp3) is 0.143. The number of halogens is 6. The average Bonchev–Trinajstić information content (AvgIpc) is 2.08. The summed E-state index contributed by atoms with van der Waals surface area (Å²) in [6, 6.07) is -0.110. The summed E-state index contributed by atoms with van der Waals surface area (Å²) in [5.41, 5.74) is 0. The summed E-state index contributed by atoms with van der Waals surface area (Å²) in [6.07, 6.45) is -5.28. The van der Waals surface area contributed by atoms with Gasteiger partial charge in [-0.2, -0.15) is 8.78 Å². The molecule has 1 aromatic rings. The summed E-state index contributed by atoms with van der Waals surface area (Å²) >= 11 is 0. The molecule has 1 N–H and O–H groups in total. The number of hydrogen-bond acceptors (Lipinski definition) is 2. The number of ether oxygens (including phenoxy) is 1. The van der Waals surface area contributed by atoms with Crippen molar-refractivity contribution >= 4 is 0 Å². The van der Waals surface area contributed by atoms with Gasteiger partial charge >= 0.3 is 6.36 Å². The molecule has 0 aliphatic carbocycles. The predicted molar refractivity (Wildman–Crippen MR) is 34.7 cm³/mol. The number of alkyl halides is 3. The fourth-order valence-electron chi connectivity index (χ4n) is 0.763. The molecule has 1 rings (SSSR count). The van der Waals surface area contributed by atoms with Gasteiger partial charge in [0.15, 0.2) is 17.3 Å². The van der Waals surface area contributed by atoms with Crippen molar-refractivity contribution < 1.29 is 36.2 Å². The van der Waals surface area contributed by atoms with Gasteiger partial charge in [-0.1, -0.05) is 0 Å². The molecule has 0 unspecified atom stereocenters. The van der Waals surface area contributed by atoms with Gasteiger partial charge < -0.3 is 9.84 Å². The molecule has 8 heteroatoms. The zero-order valence-corrected chi connectivity index (χ0v) is 6.70. The zero-order chi connectivity index (χ0) is 11.8. The normalized spacial score (nSPS) is 11.6. The molecule has 0 saturated heterocycles. The number of aromatic hydroxyl groups is 1. The van der Waals surface area contributed by atoms with Gasteiger partial charge in [-0.15, -0.1) is 13.2 Å². The SMILES string of the molecule is Oc1c(F)cc(OC(F)(F)F)c(F)c1F. The van der Waals surface area contributed by atoms with Crippen LogP contribution in [-0.2, 0) is 0 Å². The Bertz CT molecular complexity index is 386. The molecule has 0 heterocycles. The molecule has 2 nitrogen and oxygen atoms in total. The average molecular weight is 232 g/mol. The van der Waals surface area contributed by atoms with Crippen molar-refractivity contribution in [3.63, 3.8) is 0 Å². The lowest BCUT2D eigenvalue weighted by Crippen LogP contribution is -2.18. The maximum absolute atomic E-state index is 12.6. The van der Waals surface area contributed by atoms with E-state index in [0.29, 0.717) is 0 Å². The van der Waals surface area contributed by atoms with Crippen LogP contribution in [0.25, 0.3) is 0 Å². The third kappa shape index (κ3) is 2.45. The summed E-state index contributed by atoms with van der Waals surface area (Å²) in [5, 5.41) is 8.48. The van der Waals surface area contributed by atoms with Crippen LogP contribution >= 0.6 is 0 Å².